The number of nitrogens with one attached hydrogen (secondary N) is 1. The fourth-order valence-electron chi connectivity index (χ4n) is 1.92. The van der Waals surface area contributed by atoms with E-state index in [0.29, 0.717) is 12.1 Å². The van der Waals surface area contributed by atoms with Gasteiger partial charge in [-0.3, -0.25) is 14.8 Å². The molecule has 5 nitrogen and oxygen atoms in total. The minimum Gasteiger partial charge on any atom is -0.463 e. The summed E-state index contributed by atoms with van der Waals surface area (Å²) in [7, 11) is 0. The Morgan fingerprint density at radius 3 is 2.82 bits per heavy atom. The third-order valence-electron chi connectivity index (χ3n) is 3.02. The largest absolute Gasteiger partial charge is 0.463 e. The van der Waals surface area contributed by atoms with Gasteiger partial charge in [-0.1, -0.05) is 6.07 Å². The monoisotopic (exact) mass is 357 g/mol. The average Bonchev–Trinajstić information content (AvgIpc) is 3.07. The first-order valence-electron chi connectivity index (χ1n) is 6.60. The van der Waals surface area contributed by atoms with Gasteiger partial charge in [-0.15, -0.1) is 0 Å². The molecule has 1 N–H and O–H groups in total. The predicted octanol–water partition coefficient (Wildman–Crippen LogP) is 3.43. The Balaban J connectivity index is 1.63. The topological polar surface area (TPSA) is 68.0 Å². The average molecular weight is 358 g/mol. The third-order valence-corrected chi connectivity index (χ3v) is 3.45. The number of rotatable bonds is 4. The molecule has 3 aromatic heterocycles. The number of aromatic nitrogens is 2. The molecule has 0 aliphatic heterocycles. The van der Waals surface area contributed by atoms with Crippen LogP contribution < -0.4 is 5.32 Å². The van der Waals surface area contributed by atoms with Crippen LogP contribution in [0.5, 0.6) is 0 Å². The van der Waals surface area contributed by atoms with E-state index in [0.717, 1.165) is 21.5 Å². The molecular formula is C16H12BrN3O2. The molecule has 0 aromatic carbocycles. The van der Waals surface area contributed by atoms with Gasteiger partial charge in [0.15, 0.2) is 5.76 Å². The van der Waals surface area contributed by atoms with E-state index in [2.05, 4.69) is 31.2 Å². The van der Waals surface area contributed by atoms with Crippen LogP contribution in [0.4, 0.5) is 0 Å². The number of carbonyl (C=O) groups excluding carboxylic acids is 1. The molecule has 0 radical (unpaired) electrons. The second-order valence-electron chi connectivity index (χ2n) is 4.60. The first-order chi connectivity index (χ1) is 10.7. The number of halogens is 1. The number of carbonyl (C=O) groups is 1. The fraction of sp³-hybridized carbons (Fsp3) is 0.0625. The van der Waals surface area contributed by atoms with Gasteiger partial charge >= 0.3 is 0 Å². The zero-order valence-electron chi connectivity index (χ0n) is 11.5. The van der Waals surface area contributed by atoms with Gasteiger partial charge in [0.25, 0.3) is 5.91 Å². The van der Waals surface area contributed by atoms with Crippen molar-refractivity contribution in [2.24, 2.45) is 0 Å². The number of nitrogens with zero attached hydrogens (tertiary/aromatic N) is 2. The molecule has 6 heteroatoms. The Kier molecular flexibility index (Phi) is 4.29. The Morgan fingerprint density at radius 2 is 2.14 bits per heavy atom. The summed E-state index contributed by atoms with van der Waals surface area (Å²) in [6, 6.07) is 9.16. The van der Waals surface area contributed by atoms with Crippen molar-refractivity contribution >= 4 is 21.8 Å². The third kappa shape index (κ3) is 3.40. The van der Waals surface area contributed by atoms with Crippen LogP contribution in [-0.2, 0) is 6.54 Å². The maximum Gasteiger partial charge on any atom is 0.253 e. The van der Waals surface area contributed by atoms with Gasteiger partial charge in [-0.05, 0) is 45.8 Å². The van der Waals surface area contributed by atoms with E-state index in [1.54, 1.807) is 24.7 Å². The van der Waals surface area contributed by atoms with Crippen molar-refractivity contribution in [3.8, 4) is 11.5 Å². The molecule has 3 aromatic rings. The van der Waals surface area contributed by atoms with Gasteiger partial charge in [0, 0.05) is 29.6 Å². The molecule has 0 aliphatic rings. The van der Waals surface area contributed by atoms with E-state index >= 15 is 0 Å². The summed E-state index contributed by atoms with van der Waals surface area (Å²) in [5.74, 6) is 0.541. The minimum absolute atomic E-state index is 0.177. The lowest BCUT2D eigenvalue weighted by molar-refractivity contribution is 0.0950. The van der Waals surface area contributed by atoms with Crippen molar-refractivity contribution in [2.75, 3.05) is 0 Å². The Hall–Kier alpha value is -2.47. The molecule has 22 heavy (non-hydrogen) atoms. The fourth-order valence-corrected chi connectivity index (χ4v) is 2.28. The summed E-state index contributed by atoms with van der Waals surface area (Å²) >= 11 is 3.29. The van der Waals surface area contributed by atoms with Crippen LogP contribution in [0.25, 0.3) is 11.5 Å². The quantitative estimate of drug-likeness (QED) is 0.776. The predicted molar refractivity (Wildman–Crippen MR) is 85.0 cm³/mol. The Bertz CT molecular complexity index is 770. The second-order valence-corrected chi connectivity index (χ2v) is 5.52. The van der Waals surface area contributed by atoms with Gasteiger partial charge in [0.05, 0.1) is 11.8 Å². The summed E-state index contributed by atoms with van der Waals surface area (Å²) in [6.07, 6.45) is 6.49. The molecule has 3 rings (SSSR count). The standard InChI is InChI=1S/C16H12BrN3O2/c17-13-6-12(9-18-10-13)16(21)20-8-11-3-4-14(19-7-11)15-2-1-5-22-15/h1-7,9-10H,8H2,(H,20,21). The molecule has 0 saturated heterocycles. The maximum absolute atomic E-state index is 12.0. The van der Waals surface area contributed by atoms with E-state index in [-0.39, 0.29) is 5.91 Å². The van der Waals surface area contributed by atoms with Gasteiger partial charge in [-0.25, -0.2) is 0 Å². The normalized spacial score (nSPS) is 10.4. The molecule has 0 fully saturated rings. The smallest absolute Gasteiger partial charge is 0.253 e. The first kappa shape index (κ1) is 14.5. The molecule has 0 unspecified atom stereocenters. The van der Waals surface area contributed by atoms with E-state index in [4.69, 9.17) is 4.42 Å². The van der Waals surface area contributed by atoms with E-state index in [1.165, 1.54) is 6.20 Å². The number of amides is 1. The van der Waals surface area contributed by atoms with Gasteiger partial charge in [0.1, 0.15) is 5.69 Å². The molecule has 110 valence electrons. The van der Waals surface area contributed by atoms with Crippen LogP contribution in [0.1, 0.15) is 15.9 Å². The van der Waals surface area contributed by atoms with E-state index in [1.807, 2.05) is 24.3 Å². The number of pyridine rings is 2. The highest BCUT2D eigenvalue weighted by molar-refractivity contribution is 9.10. The molecular weight excluding hydrogens is 346 g/mol. The summed E-state index contributed by atoms with van der Waals surface area (Å²) in [5, 5.41) is 2.83. The number of furan rings is 1. The lowest BCUT2D eigenvalue weighted by atomic mass is 10.2. The summed E-state index contributed by atoms with van der Waals surface area (Å²) in [4.78, 5) is 20.3. The molecule has 3 heterocycles. The molecule has 0 saturated carbocycles. The van der Waals surface area contributed by atoms with Crippen molar-refractivity contribution in [1.29, 1.82) is 0 Å². The highest BCUT2D eigenvalue weighted by Crippen LogP contribution is 2.17. The molecule has 0 bridgehead atoms. The van der Waals surface area contributed by atoms with Crippen molar-refractivity contribution in [3.63, 3.8) is 0 Å². The van der Waals surface area contributed by atoms with Crippen molar-refractivity contribution in [2.45, 2.75) is 6.54 Å². The molecule has 1 amide bonds. The minimum atomic E-state index is -0.177. The van der Waals surface area contributed by atoms with Gasteiger partial charge in [0.2, 0.25) is 0 Å². The summed E-state index contributed by atoms with van der Waals surface area (Å²) in [5.41, 5.74) is 2.18. The van der Waals surface area contributed by atoms with Crippen LogP contribution >= 0.6 is 15.9 Å². The maximum atomic E-state index is 12.0. The van der Waals surface area contributed by atoms with E-state index in [9.17, 15) is 4.79 Å². The lowest BCUT2D eigenvalue weighted by Crippen LogP contribution is -2.23. The van der Waals surface area contributed by atoms with Crippen LogP contribution in [-0.4, -0.2) is 15.9 Å². The summed E-state index contributed by atoms with van der Waals surface area (Å²) in [6.45, 7) is 0.400. The number of hydrogen-bond donors (Lipinski definition) is 1. The van der Waals surface area contributed by atoms with E-state index < -0.39 is 0 Å². The lowest BCUT2D eigenvalue weighted by Gasteiger charge is -2.06. The molecule has 0 atom stereocenters. The van der Waals surface area contributed by atoms with Crippen LogP contribution in [0.3, 0.4) is 0 Å². The van der Waals surface area contributed by atoms with Crippen LogP contribution in [0.15, 0.2) is 64.1 Å². The van der Waals surface area contributed by atoms with Crippen LogP contribution in [0.2, 0.25) is 0 Å². The van der Waals surface area contributed by atoms with Gasteiger partial charge < -0.3 is 9.73 Å². The summed E-state index contributed by atoms with van der Waals surface area (Å²) < 4.78 is 6.05. The van der Waals surface area contributed by atoms with Crippen molar-refractivity contribution in [1.82, 2.24) is 15.3 Å². The first-order valence-corrected chi connectivity index (χ1v) is 7.39. The number of hydrogen-bond acceptors (Lipinski definition) is 4. The SMILES string of the molecule is O=C(NCc1ccc(-c2ccco2)nc1)c1cncc(Br)c1. The van der Waals surface area contributed by atoms with Crippen LogP contribution in [0, 0.1) is 0 Å². The second kappa shape index (κ2) is 6.53. The highest BCUT2D eigenvalue weighted by Gasteiger charge is 2.07. The van der Waals surface area contributed by atoms with Gasteiger partial charge in [-0.2, -0.15) is 0 Å². The molecule has 0 aliphatic carbocycles. The highest BCUT2D eigenvalue weighted by atomic mass is 79.9. The van der Waals surface area contributed by atoms with Crippen molar-refractivity contribution < 1.29 is 9.21 Å². The Labute approximate surface area is 135 Å². The zero-order chi connectivity index (χ0) is 15.4. The Morgan fingerprint density at radius 1 is 1.23 bits per heavy atom. The molecule has 0 spiro atoms. The van der Waals surface area contributed by atoms with Crippen molar-refractivity contribution in [3.05, 3.63) is 70.8 Å². The zero-order valence-corrected chi connectivity index (χ0v) is 13.1.